The number of fused-ring (bicyclic) bond motifs is 1. The zero-order chi connectivity index (χ0) is 12.3. The Hall–Kier alpha value is -0.840. The molecule has 1 unspecified atom stereocenters. The van der Waals surface area contributed by atoms with Crippen LogP contribution in [0.3, 0.4) is 0 Å². The van der Waals surface area contributed by atoms with Gasteiger partial charge in [0.25, 0.3) is 0 Å². The van der Waals surface area contributed by atoms with Crippen molar-refractivity contribution in [2.24, 2.45) is 0 Å². The van der Waals surface area contributed by atoms with Crippen LogP contribution >= 0.6 is 15.9 Å². The van der Waals surface area contributed by atoms with Gasteiger partial charge in [0.1, 0.15) is 12.4 Å². The Morgan fingerprint density at radius 3 is 3.12 bits per heavy atom. The molecule has 0 fully saturated rings. The molecule has 92 valence electrons. The molecule has 1 aliphatic heterocycles. The molecule has 1 heterocycles. The van der Waals surface area contributed by atoms with Gasteiger partial charge in [-0.15, -0.1) is 0 Å². The summed E-state index contributed by atoms with van der Waals surface area (Å²) in [6, 6.07) is 5.99. The topological polar surface area (TPSA) is 41.5 Å². The zero-order valence-corrected chi connectivity index (χ0v) is 11.3. The number of halogens is 1. The van der Waals surface area contributed by atoms with Gasteiger partial charge in [0.2, 0.25) is 0 Å². The molecule has 17 heavy (non-hydrogen) atoms. The number of rotatable bonds is 4. The molecule has 0 aromatic heterocycles. The number of aliphatic hydroxyl groups is 1. The number of hydrogen-bond acceptors (Lipinski definition) is 3. The molecule has 0 amide bonds. The fourth-order valence-corrected chi connectivity index (χ4v) is 2.12. The molecular weight excluding hydrogens is 282 g/mol. The maximum Gasteiger partial charge on any atom is 0.127 e. The van der Waals surface area contributed by atoms with Gasteiger partial charge in [-0.1, -0.05) is 15.9 Å². The van der Waals surface area contributed by atoms with E-state index in [1.807, 2.05) is 18.2 Å². The van der Waals surface area contributed by atoms with Crippen LogP contribution in [0.1, 0.15) is 12.5 Å². The number of nitrogens with one attached hydrogen (secondary N) is 1. The number of aliphatic hydroxyl groups excluding tert-OH is 1. The summed E-state index contributed by atoms with van der Waals surface area (Å²) in [4.78, 5) is 0. The van der Waals surface area contributed by atoms with Gasteiger partial charge < -0.3 is 15.2 Å². The molecular formula is C13H16BrNO2. The van der Waals surface area contributed by atoms with Crippen LogP contribution in [0.25, 0.3) is 6.08 Å². The molecule has 3 nitrogen and oxygen atoms in total. The minimum Gasteiger partial charge on any atom is -0.489 e. The summed E-state index contributed by atoms with van der Waals surface area (Å²) in [5, 5.41) is 12.3. The summed E-state index contributed by atoms with van der Waals surface area (Å²) in [5.74, 6) is 0.924. The van der Waals surface area contributed by atoms with Gasteiger partial charge in [-0.05, 0) is 36.8 Å². The summed E-state index contributed by atoms with van der Waals surface area (Å²) >= 11 is 3.45. The van der Waals surface area contributed by atoms with Crippen LogP contribution in [0.5, 0.6) is 5.75 Å². The van der Waals surface area contributed by atoms with Crippen molar-refractivity contribution in [3.8, 4) is 5.75 Å². The van der Waals surface area contributed by atoms with E-state index in [0.717, 1.165) is 22.3 Å². The van der Waals surface area contributed by atoms with Crippen LogP contribution in [0, 0.1) is 0 Å². The average Bonchev–Trinajstić information content (AvgIpc) is 2.28. The summed E-state index contributed by atoms with van der Waals surface area (Å²) in [5.41, 5.74) is 2.29. The van der Waals surface area contributed by atoms with Gasteiger partial charge in [-0.25, -0.2) is 0 Å². The van der Waals surface area contributed by atoms with Gasteiger partial charge in [0, 0.05) is 23.1 Å². The first-order chi connectivity index (χ1) is 8.15. The maximum atomic E-state index is 9.16. The molecule has 0 saturated carbocycles. The van der Waals surface area contributed by atoms with Crippen LogP contribution in [-0.4, -0.2) is 30.9 Å². The van der Waals surface area contributed by atoms with Crippen molar-refractivity contribution < 1.29 is 9.84 Å². The second-order valence-electron chi connectivity index (χ2n) is 4.25. The Balaban J connectivity index is 2.02. The van der Waals surface area contributed by atoms with E-state index in [1.54, 1.807) is 6.92 Å². The predicted octanol–water partition coefficient (Wildman–Crippen LogP) is 2.20. The highest BCUT2D eigenvalue weighted by atomic mass is 79.9. The van der Waals surface area contributed by atoms with Gasteiger partial charge >= 0.3 is 0 Å². The van der Waals surface area contributed by atoms with Crippen LogP contribution in [-0.2, 0) is 0 Å². The normalized spacial score (nSPS) is 15.8. The molecule has 0 bridgehead atoms. The van der Waals surface area contributed by atoms with Crippen LogP contribution in [0.4, 0.5) is 0 Å². The molecule has 2 rings (SSSR count). The van der Waals surface area contributed by atoms with Crippen molar-refractivity contribution in [2.45, 2.75) is 13.0 Å². The van der Waals surface area contributed by atoms with Crippen molar-refractivity contribution in [1.82, 2.24) is 5.32 Å². The highest BCUT2D eigenvalue weighted by Gasteiger charge is 2.11. The second kappa shape index (κ2) is 5.67. The van der Waals surface area contributed by atoms with E-state index in [-0.39, 0.29) is 6.10 Å². The first-order valence-electron chi connectivity index (χ1n) is 5.66. The van der Waals surface area contributed by atoms with Crippen molar-refractivity contribution in [1.29, 1.82) is 0 Å². The van der Waals surface area contributed by atoms with E-state index in [0.29, 0.717) is 13.2 Å². The fourth-order valence-electron chi connectivity index (χ4n) is 1.74. The van der Waals surface area contributed by atoms with Gasteiger partial charge in [-0.2, -0.15) is 0 Å². The van der Waals surface area contributed by atoms with E-state index in [4.69, 9.17) is 9.84 Å². The molecule has 4 heteroatoms. The average molecular weight is 298 g/mol. The van der Waals surface area contributed by atoms with Crippen LogP contribution in [0.15, 0.2) is 28.2 Å². The Labute approximate surface area is 110 Å². The van der Waals surface area contributed by atoms with Gasteiger partial charge in [0.15, 0.2) is 0 Å². The molecule has 1 aliphatic rings. The fraction of sp³-hybridized carbons (Fsp3) is 0.385. The second-order valence-corrected chi connectivity index (χ2v) is 5.17. The Kier molecular flexibility index (Phi) is 4.20. The smallest absolute Gasteiger partial charge is 0.127 e. The van der Waals surface area contributed by atoms with Crippen molar-refractivity contribution >= 4 is 22.0 Å². The molecule has 1 aromatic carbocycles. The van der Waals surface area contributed by atoms with Crippen LogP contribution in [0.2, 0.25) is 0 Å². The van der Waals surface area contributed by atoms with Crippen molar-refractivity contribution in [3.63, 3.8) is 0 Å². The third-order valence-corrected chi connectivity index (χ3v) is 3.03. The highest BCUT2D eigenvalue weighted by molar-refractivity contribution is 9.10. The summed E-state index contributed by atoms with van der Waals surface area (Å²) < 4.78 is 6.71. The molecule has 0 saturated heterocycles. The third kappa shape index (κ3) is 3.56. The maximum absolute atomic E-state index is 9.16. The monoisotopic (exact) mass is 297 g/mol. The first-order valence-corrected chi connectivity index (χ1v) is 6.45. The Bertz CT molecular complexity index is 429. The van der Waals surface area contributed by atoms with Gasteiger partial charge in [0.05, 0.1) is 6.10 Å². The number of hydrogen-bond donors (Lipinski definition) is 2. The lowest BCUT2D eigenvalue weighted by Crippen LogP contribution is -2.28. The molecule has 1 aromatic rings. The molecule has 0 spiro atoms. The zero-order valence-electron chi connectivity index (χ0n) is 9.74. The van der Waals surface area contributed by atoms with E-state index in [2.05, 4.69) is 27.3 Å². The van der Waals surface area contributed by atoms with Crippen molar-refractivity contribution in [2.75, 3.05) is 19.7 Å². The summed E-state index contributed by atoms with van der Waals surface area (Å²) in [6.07, 6.45) is 1.82. The minimum atomic E-state index is -0.318. The predicted molar refractivity (Wildman–Crippen MR) is 72.2 cm³/mol. The molecule has 2 N–H and O–H groups in total. The molecule has 0 aliphatic carbocycles. The third-order valence-electron chi connectivity index (χ3n) is 2.54. The quantitative estimate of drug-likeness (QED) is 0.895. The SMILES string of the molecule is CC(O)CNCC1=Cc2cc(Br)ccc2OC1. The van der Waals surface area contributed by atoms with Crippen molar-refractivity contribution in [3.05, 3.63) is 33.8 Å². The van der Waals surface area contributed by atoms with E-state index < -0.39 is 0 Å². The Morgan fingerprint density at radius 1 is 1.53 bits per heavy atom. The lowest BCUT2D eigenvalue weighted by atomic mass is 10.1. The highest BCUT2D eigenvalue weighted by Crippen LogP contribution is 2.28. The summed E-state index contributed by atoms with van der Waals surface area (Å²) in [7, 11) is 0. The largest absolute Gasteiger partial charge is 0.489 e. The first kappa shape index (κ1) is 12.6. The standard InChI is InChI=1S/C13H16BrNO2/c1-9(16)6-15-7-10-4-11-5-12(14)2-3-13(11)17-8-10/h2-5,9,15-16H,6-8H2,1H3. The lowest BCUT2D eigenvalue weighted by molar-refractivity contribution is 0.192. The molecule has 0 radical (unpaired) electrons. The lowest BCUT2D eigenvalue weighted by Gasteiger charge is -2.18. The molecule has 1 atom stereocenters. The number of ether oxygens (including phenoxy) is 1. The Morgan fingerprint density at radius 2 is 2.35 bits per heavy atom. The van der Waals surface area contributed by atoms with E-state index >= 15 is 0 Å². The summed E-state index contributed by atoms with van der Waals surface area (Å²) in [6.45, 7) is 3.73. The number of benzene rings is 1. The minimum absolute atomic E-state index is 0.318. The van der Waals surface area contributed by atoms with Crippen LogP contribution < -0.4 is 10.1 Å². The van der Waals surface area contributed by atoms with E-state index in [9.17, 15) is 0 Å². The van der Waals surface area contributed by atoms with Gasteiger partial charge in [-0.3, -0.25) is 0 Å². The van der Waals surface area contributed by atoms with E-state index in [1.165, 1.54) is 5.57 Å².